The van der Waals surface area contributed by atoms with E-state index in [9.17, 15) is 4.79 Å². The van der Waals surface area contributed by atoms with Gasteiger partial charge in [-0.1, -0.05) is 23.4 Å². The summed E-state index contributed by atoms with van der Waals surface area (Å²) in [5.74, 6) is 0.813. The van der Waals surface area contributed by atoms with Gasteiger partial charge in [-0.25, -0.2) is 4.68 Å². The van der Waals surface area contributed by atoms with Crippen molar-refractivity contribution in [2.45, 2.75) is 19.6 Å². The number of nitrogens with zero attached hydrogens (tertiary/aromatic N) is 4. The first-order valence-electron chi connectivity index (χ1n) is 7.69. The average molecular weight is 316 g/mol. The summed E-state index contributed by atoms with van der Waals surface area (Å²) in [6.07, 6.45) is 1.76. The molecule has 0 spiro atoms. The minimum absolute atomic E-state index is 0.0359. The largest absolute Gasteiger partial charge is 0.487 e. The molecule has 1 fully saturated rings. The zero-order valence-electron chi connectivity index (χ0n) is 13.1. The smallest absolute Gasteiger partial charge is 0.247 e. The Morgan fingerprint density at radius 3 is 2.78 bits per heavy atom. The summed E-state index contributed by atoms with van der Waals surface area (Å²) in [7, 11) is 0. The number of para-hydroxylation sites is 1. The van der Waals surface area contributed by atoms with E-state index in [2.05, 4.69) is 10.3 Å². The maximum atomic E-state index is 12.4. The van der Waals surface area contributed by atoms with Crippen LogP contribution in [0.25, 0.3) is 0 Å². The van der Waals surface area contributed by atoms with Crippen LogP contribution in [0, 0.1) is 0 Å². The highest BCUT2D eigenvalue weighted by Crippen LogP contribution is 2.13. The van der Waals surface area contributed by atoms with Gasteiger partial charge in [0.1, 0.15) is 24.1 Å². The van der Waals surface area contributed by atoms with E-state index in [0.717, 1.165) is 5.75 Å². The van der Waals surface area contributed by atoms with Crippen LogP contribution in [0.4, 0.5) is 0 Å². The number of carbonyl (C=O) groups is 1. The third-order valence-corrected chi connectivity index (χ3v) is 3.76. The van der Waals surface area contributed by atoms with Crippen molar-refractivity contribution in [2.75, 3.05) is 26.3 Å². The molecule has 1 saturated heterocycles. The first-order valence-corrected chi connectivity index (χ1v) is 7.69. The van der Waals surface area contributed by atoms with E-state index in [-0.39, 0.29) is 11.9 Å². The highest BCUT2D eigenvalue weighted by atomic mass is 16.5. The molecule has 1 aliphatic rings. The fourth-order valence-corrected chi connectivity index (χ4v) is 2.40. The van der Waals surface area contributed by atoms with Crippen LogP contribution in [0.2, 0.25) is 0 Å². The summed E-state index contributed by atoms with van der Waals surface area (Å²) < 4.78 is 12.5. The fraction of sp³-hybridized carbons (Fsp3) is 0.438. The second kappa shape index (κ2) is 7.23. The van der Waals surface area contributed by atoms with E-state index >= 15 is 0 Å². The monoisotopic (exact) mass is 316 g/mol. The van der Waals surface area contributed by atoms with Gasteiger partial charge in [-0.15, -0.1) is 5.10 Å². The molecule has 0 bridgehead atoms. The number of aromatic nitrogens is 3. The normalized spacial score (nSPS) is 16.1. The Morgan fingerprint density at radius 1 is 1.30 bits per heavy atom. The average Bonchev–Trinajstić information content (AvgIpc) is 3.09. The highest BCUT2D eigenvalue weighted by Gasteiger charge is 2.24. The van der Waals surface area contributed by atoms with Gasteiger partial charge in [-0.05, 0) is 19.1 Å². The number of hydrogen-bond donors (Lipinski definition) is 0. The Bertz CT molecular complexity index is 638. The van der Waals surface area contributed by atoms with E-state index in [4.69, 9.17) is 9.47 Å². The number of rotatable bonds is 5. The van der Waals surface area contributed by atoms with Gasteiger partial charge in [-0.2, -0.15) is 0 Å². The molecule has 2 heterocycles. The maximum Gasteiger partial charge on any atom is 0.247 e. The molecule has 1 aliphatic heterocycles. The Labute approximate surface area is 134 Å². The molecule has 0 unspecified atom stereocenters. The van der Waals surface area contributed by atoms with Crippen molar-refractivity contribution in [1.29, 1.82) is 0 Å². The third kappa shape index (κ3) is 3.87. The molecule has 1 aromatic heterocycles. The van der Waals surface area contributed by atoms with Crippen molar-refractivity contribution >= 4 is 5.91 Å². The number of benzene rings is 1. The molecule has 7 nitrogen and oxygen atoms in total. The van der Waals surface area contributed by atoms with Crippen molar-refractivity contribution in [1.82, 2.24) is 19.9 Å². The molecule has 122 valence electrons. The van der Waals surface area contributed by atoms with Crippen molar-refractivity contribution in [2.24, 2.45) is 0 Å². The van der Waals surface area contributed by atoms with Crippen LogP contribution in [-0.4, -0.2) is 52.1 Å². The fourth-order valence-electron chi connectivity index (χ4n) is 2.40. The van der Waals surface area contributed by atoms with Crippen LogP contribution >= 0.6 is 0 Å². The lowest BCUT2D eigenvalue weighted by molar-refractivity contribution is -0.138. The lowest BCUT2D eigenvalue weighted by atomic mass is 10.2. The van der Waals surface area contributed by atoms with Crippen LogP contribution < -0.4 is 4.74 Å². The molecule has 0 aliphatic carbocycles. The lowest BCUT2D eigenvalue weighted by Crippen LogP contribution is -2.43. The Kier molecular flexibility index (Phi) is 4.87. The van der Waals surface area contributed by atoms with Gasteiger partial charge >= 0.3 is 0 Å². The first-order chi connectivity index (χ1) is 11.2. The zero-order valence-corrected chi connectivity index (χ0v) is 13.1. The molecule has 1 atom stereocenters. The minimum atomic E-state index is -0.383. The quantitative estimate of drug-likeness (QED) is 0.831. The predicted octanol–water partition coefficient (Wildman–Crippen LogP) is 1.28. The van der Waals surface area contributed by atoms with E-state index < -0.39 is 0 Å². The highest BCUT2D eigenvalue weighted by molar-refractivity contribution is 5.80. The SMILES string of the molecule is C[C@H](C(=O)N1CCOCC1)n1cc(COc2ccccc2)nn1. The summed E-state index contributed by atoms with van der Waals surface area (Å²) in [6, 6.07) is 9.14. The van der Waals surface area contributed by atoms with Gasteiger partial charge in [0, 0.05) is 13.1 Å². The standard InChI is InChI=1S/C16H20N4O3/c1-13(16(21)19-7-9-22-10-8-19)20-11-14(17-18-20)12-23-15-5-3-2-4-6-15/h2-6,11,13H,7-10,12H2,1H3/t13-/m1/s1. The molecule has 7 heteroatoms. The van der Waals surface area contributed by atoms with E-state index in [1.165, 1.54) is 0 Å². The summed E-state index contributed by atoms with van der Waals surface area (Å²) in [5, 5.41) is 8.12. The number of hydrogen-bond acceptors (Lipinski definition) is 5. The molecule has 1 amide bonds. The molecule has 23 heavy (non-hydrogen) atoms. The summed E-state index contributed by atoms with van der Waals surface area (Å²) >= 11 is 0. The van der Waals surface area contributed by atoms with Crippen LogP contribution in [0.3, 0.4) is 0 Å². The number of carbonyl (C=O) groups excluding carboxylic acids is 1. The number of amides is 1. The second-order valence-corrected chi connectivity index (χ2v) is 5.41. The zero-order chi connectivity index (χ0) is 16.1. The maximum absolute atomic E-state index is 12.4. The number of morpholine rings is 1. The van der Waals surface area contributed by atoms with Gasteiger partial charge in [0.2, 0.25) is 5.91 Å². The van der Waals surface area contributed by atoms with Crippen LogP contribution in [0.15, 0.2) is 36.5 Å². The molecular formula is C16H20N4O3. The number of ether oxygens (including phenoxy) is 2. The molecular weight excluding hydrogens is 296 g/mol. The van der Waals surface area contributed by atoms with E-state index in [0.29, 0.717) is 38.6 Å². The summed E-state index contributed by atoms with van der Waals surface area (Å²) in [6.45, 7) is 4.58. The van der Waals surface area contributed by atoms with Crippen molar-refractivity contribution in [3.63, 3.8) is 0 Å². The third-order valence-electron chi connectivity index (χ3n) is 3.76. The van der Waals surface area contributed by atoms with E-state index in [1.807, 2.05) is 37.3 Å². The topological polar surface area (TPSA) is 69.5 Å². The lowest BCUT2D eigenvalue weighted by Gasteiger charge is -2.29. The van der Waals surface area contributed by atoms with Crippen LogP contribution in [-0.2, 0) is 16.1 Å². The Hall–Kier alpha value is -2.41. The van der Waals surface area contributed by atoms with Gasteiger partial charge < -0.3 is 14.4 Å². The molecule has 3 rings (SSSR count). The Morgan fingerprint density at radius 2 is 2.04 bits per heavy atom. The van der Waals surface area contributed by atoms with Crippen LogP contribution in [0.5, 0.6) is 5.75 Å². The van der Waals surface area contributed by atoms with Gasteiger partial charge in [0.15, 0.2) is 0 Å². The van der Waals surface area contributed by atoms with Crippen molar-refractivity contribution in [3.8, 4) is 5.75 Å². The van der Waals surface area contributed by atoms with E-state index in [1.54, 1.807) is 15.8 Å². The Balaban J connectivity index is 1.58. The molecule has 0 radical (unpaired) electrons. The van der Waals surface area contributed by atoms with Crippen molar-refractivity contribution in [3.05, 3.63) is 42.2 Å². The summed E-state index contributed by atoms with van der Waals surface area (Å²) in [4.78, 5) is 14.2. The van der Waals surface area contributed by atoms with Gasteiger partial charge in [-0.3, -0.25) is 4.79 Å². The molecule has 0 saturated carbocycles. The molecule has 1 aromatic carbocycles. The van der Waals surface area contributed by atoms with Crippen molar-refractivity contribution < 1.29 is 14.3 Å². The molecule has 0 N–H and O–H groups in total. The predicted molar refractivity (Wildman–Crippen MR) is 82.9 cm³/mol. The summed E-state index contributed by atoms with van der Waals surface area (Å²) in [5.41, 5.74) is 0.690. The first kappa shape index (κ1) is 15.5. The second-order valence-electron chi connectivity index (χ2n) is 5.41. The minimum Gasteiger partial charge on any atom is -0.487 e. The van der Waals surface area contributed by atoms with Gasteiger partial charge in [0.05, 0.1) is 19.4 Å². The van der Waals surface area contributed by atoms with Crippen LogP contribution in [0.1, 0.15) is 18.7 Å². The van der Waals surface area contributed by atoms with Gasteiger partial charge in [0.25, 0.3) is 0 Å². The molecule has 2 aromatic rings.